The number of nitrogens with one attached hydrogen (secondary N) is 2. The van der Waals surface area contributed by atoms with E-state index in [4.69, 9.17) is 0 Å². The Balaban J connectivity index is 1.69. The van der Waals surface area contributed by atoms with Crippen molar-refractivity contribution < 1.29 is 14.4 Å². The number of anilines is 2. The van der Waals surface area contributed by atoms with E-state index >= 15 is 0 Å². The number of amides is 4. The van der Waals surface area contributed by atoms with Crippen LogP contribution < -0.4 is 15.5 Å². The molecular weight excluding hydrogens is 294 g/mol. The highest BCUT2D eigenvalue weighted by atomic mass is 16.2. The Labute approximate surface area is 134 Å². The van der Waals surface area contributed by atoms with Gasteiger partial charge >= 0.3 is 6.03 Å². The summed E-state index contributed by atoms with van der Waals surface area (Å²) < 4.78 is 0. The highest BCUT2D eigenvalue weighted by molar-refractivity contribution is 6.16. The van der Waals surface area contributed by atoms with E-state index in [0.717, 1.165) is 17.7 Å². The quantitative estimate of drug-likeness (QED) is 0.838. The lowest BCUT2D eigenvalue weighted by Gasteiger charge is -2.26. The molecule has 1 aromatic carbocycles. The van der Waals surface area contributed by atoms with Gasteiger partial charge in [0, 0.05) is 25.1 Å². The smallest absolute Gasteiger partial charge is 0.328 e. The summed E-state index contributed by atoms with van der Waals surface area (Å²) in [5.41, 5.74) is 1.05. The van der Waals surface area contributed by atoms with Crippen LogP contribution in [-0.4, -0.2) is 24.4 Å². The molecule has 4 amide bonds. The highest BCUT2D eigenvalue weighted by Crippen LogP contribution is 2.24. The van der Waals surface area contributed by atoms with Crippen LogP contribution in [0.3, 0.4) is 0 Å². The molecule has 6 nitrogen and oxygen atoms in total. The Hall–Kier alpha value is -2.63. The van der Waals surface area contributed by atoms with Gasteiger partial charge in [-0.15, -0.1) is 0 Å². The first kappa shape index (κ1) is 15.3. The summed E-state index contributed by atoms with van der Waals surface area (Å²) >= 11 is 0. The van der Waals surface area contributed by atoms with Crippen molar-refractivity contribution in [3.05, 3.63) is 36.4 Å². The van der Waals surface area contributed by atoms with E-state index in [1.807, 2.05) is 0 Å². The molecule has 1 atom stereocenters. The van der Waals surface area contributed by atoms with Gasteiger partial charge in [0.2, 0.25) is 11.8 Å². The summed E-state index contributed by atoms with van der Waals surface area (Å²) in [5.74, 6) is -0.00549. The Bertz CT molecular complexity index is 653. The first-order valence-electron chi connectivity index (χ1n) is 7.81. The third kappa shape index (κ3) is 3.59. The molecule has 1 fully saturated rings. The van der Waals surface area contributed by atoms with Crippen molar-refractivity contribution in [2.75, 3.05) is 16.8 Å². The van der Waals surface area contributed by atoms with Gasteiger partial charge in [-0.1, -0.05) is 18.2 Å². The Morgan fingerprint density at radius 3 is 2.96 bits per heavy atom. The molecule has 1 saturated heterocycles. The van der Waals surface area contributed by atoms with Gasteiger partial charge in [-0.05, 0) is 37.0 Å². The van der Waals surface area contributed by atoms with Crippen LogP contribution in [0.4, 0.5) is 16.2 Å². The van der Waals surface area contributed by atoms with Gasteiger partial charge in [0.25, 0.3) is 0 Å². The number of carbonyl (C=O) groups excluding carboxylic acids is 3. The number of benzene rings is 1. The number of imide groups is 1. The molecule has 0 radical (unpaired) electrons. The predicted molar refractivity (Wildman–Crippen MR) is 87.1 cm³/mol. The molecule has 0 unspecified atom stereocenters. The monoisotopic (exact) mass is 313 g/mol. The summed E-state index contributed by atoms with van der Waals surface area (Å²) in [6.07, 6.45) is 6.93. The number of carbonyl (C=O) groups is 3. The molecule has 1 aliphatic heterocycles. The van der Waals surface area contributed by atoms with Crippen LogP contribution in [0.2, 0.25) is 0 Å². The van der Waals surface area contributed by atoms with Gasteiger partial charge in [-0.3, -0.25) is 9.59 Å². The maximum Gasteiger partial charge on any atom is 0.328 e. The molecule has 1 aliphatic carbocycles. The number of allylic oxidation sites excluding steroid dienone is 2. The van der Waals surface area contributed by atoms with Gasteiger partial charge in [0.1, 0.15) is 0 Å². The molecule has 2 N–H and O–H groups in total. The van der Waals surface area contributed by atoms with Crippen LogP contribution in [0.1, 0.15) is 25.7 Å². The largest absolute Gasteiger partial charge is 0.337 e. The second kappa shape index (κ2) is 6.64. The molecule has 3 rings (SSSR count). The molecule has 6 heteroatoms. The third-order valence-corrected chi connectivity index (χ3v) is 4.02. The van der Waals surface area contributed by atoms with Crippen LogP contribution in [-0.2, 0) is 9.59 Å². The van der Waals surface area contributed by atoms with E-state index in [-0.39, 0.29) is 18.2 Å². The van der Waals surface area contributed by atoms with E-state index < -0.39 is 6.03 Å². The van der Waals surface area contributed by atoms with Crippen molar-refractivity contribution in [1.29, 1.82) is 0 Å². The van der Waals surface area contributed by atoms with Crippen LogP contribution in [0.25, 0.3) is 0 Å². The zero-order chi connectivity index (χ0) is 16.2. The van der Waals surface area contributed by atoms with Crippen molar-refractivity contribution in [3.8, 4) is 0 Å². The van der Waals surface area contributed by atoms with Crippen molar-refractivity contribution in [2.24, 2.45) is 5.92 Å². The van der Waals surface area contributed by atoms with Gasteiger partial charge in [-0.25, -0.2) is 9.69 Å². The summed E-state index contributed by atoms with van der Waals surface area (Å²) in [7, 11) is 0. The highest BCUT2D eigenvalue weighted by Gasteiger charge is 2.27. The van der Waals surface area contributed by atoms with Gasteiger partial charge in [0.15, 0.2) is 0 Å². The molecular formula is C17H19N3O3. The topological polar surface area (TPSA) is 78.5 Å². The molecule has 1 aromatic rings. The van der Waals surface area contributed by atoms with E-state index in [2.05, 4.69) is 22.8 Å². The standard InChI is InChI=1S/C17H19N3O3/c21-15(10-12-4-1-2-5-12)19-13-6-3-7-14(11-13)20-16(22)8-9-18-17(20)23/h1,3-4,6-7,11-12H,2,5,8-10H2,(H,18,23)(H,19,21)/t12-/m1/s1. The first-order chi connectivity index (χ1) is 11.1. The van der Waals surface area contributed by atoms with Crippen LogP contribution in [0, 0.1) is 5.92 Å². The average molecular weight is 313 g/mol. The molecule has 0 spiro atoms. The zero-order valence-corrected chi connectivity index (χ0v) is 12.7. The van der Waals surface area contributed by atoms with Gasteiger partial charge in [0.05, 0.1) is 5.69 Å². The number of rotatable bonds is 4. The van der Waals surface area contributed by atoms with Crippen molar-refractivity contribution in [1.82, 2.24) is 5.32 Å². The Kier molecular flexibility index (Phi) is 4.41. The van der Waals surface area contributed by atoms with E-state index in [0.29, 0.717) is 30.3 Å². The third-order valence-electron chi connectivity index (χ3n) is 4.02. The van der Waals surface area contributed by atoms with E-state index in [1.54, 1.807) is 24.3 Å². The van der Waals surface area contributed by atoms with Crippen molar-refractivity contribution >= 4 is 29.2 Å². The maximum atomic E-state index is 12.1. The second-order valence-electron chi connectivity index (χ2n) is 5.78. The van der Waals surface area contributed by atoms with E-state index in [1.165, 1.54) is 0 Å². The number of hydrogen-bond acceptors (Lipinski definition) is 3. The maximum absolute atomic E-state index is 12.1. The van der Waals surface area contributed by atoms with Crippen LogP contribution >= 0.6 is 0 Å². The minimum Gasteiger partial charge on any atom is -0.337 e. The summed E-state index contributed by atoms with van der Waals surface area (Å²) in [6, 6.07) is 6.36. The molecule has 0 aromatic heterocycles. The SMILES string of the molecule is O=C(C[C@@H]1C=CCC1)Nc1cccc(N2C(=O)CCNC2=O)c1. The minimum atomic E-state index is -0.430. The number of nitrogens with zero attached hydrogens (tertiary/aromatic N) is 1. The second-order valence-corrected chi connectivity index (χ2v) is 5.78. The average Bonchev–Trinajstić information content (AvgIpc) is 3.00. The first-order valence-corrected chi connectivity index (χ1v) is 7.81. The lowest BCUT2D eigenvalue weighted by molar-refractivity contribution is -0.118. The summed E-state index contributed by atoms with van der Waals surface area (Å²) in [5, 5.41) is 5.48. The Morgan fingerprint density at radius 1 is 1.35 bits per heavy atom. The van der Waals surface area contributed by atoms with Gasteiger partial charge in [-0.2, -0.15) is 0 Å². The van der Waals surface area contributed by atoms with Crippen molar-refractivity contribution in [2.45, 2.75) is 25.7 Å². The fourth-order valence-corrected chi connectivity index (χ4v) is 2.88. The molecule has 0 saturated carbocycles. The molecule has 120 valence electrons. The normalized spacial score (nSPS) is 20.5. The molecule has 0 bridgehead atoms. The fourth-order valence-electron chi connectivity index (χ4n) is 2.88. The fraction of sp³-hybridized carbons (Fsp3) is 0.353. The summed E-state index contributed by atoms with van der Waals surface area (Å²) in [4.78, 5) is 37.0. The lowest BCUT2D eigenvalue weighted by atomic mass is 10.1. The van der Waals surface area contributed by atoms with E-state index in [9.17, 15) is 14.4 Å². The predicted octanol–water partition coefficient (Wildman–Crippen LogP) is 2.43. The van der Waals surface area contributed by atoms with Crippen LogP contribution in [0.15, 0.2) is 36.4 Å². The molecule has 2 aliphatic rings. The molecule has 23 heavy (non-hydrogen) atoms. The minimum absolute atomic E-state index is 0.0619. The van der Waals surface area contributed by atoms with Crippen LogP contribution in [0.5, 0.6) is 0 Å². The summed E-state index contributed by atoms with van der Waals surface area (Å²) in [6.45, 7) is 0.361. The number of hydrogen-bond donors (Lipinski definition) is 2. The van der Waals surface area contributed by atoms with Gasteiger partial charge < -0.3 is 10.6 Å². The number of urea groups is 1. The zero-order valence-electron chi connectivity index (χ0n) is 12.7. The molecule has 1 heterocycles. The van der Waals surface area contributed by atoms with Crippen molar-refractivity contribution in [3.63, 3.8) is 0 Å². The lowest BCUT2D eigenvalue weighted by Crippen LogP contribution is -2.50. The Morgan fingerprint density at radius 2 is 2.22 bits per heavy atom.